The average Bonchev–Trinajstić information content (AvgIpc) is 3.10. The van der Waals surface area contributed by atoms with Gasteiger partial charge in [0.25, 0.3) is 5.82 Å². The van der Waals surface area contributed by atoms with E-state index in [1.54, 1.807) is 0 Å². The highest BCUT2D eigenvalue weighted by atomic mass is 15.2. The molecule has 5 heterocycles. The summed E-state index contributed by atoms with van der Waals surface area (Å²) in [6.45, 7) is 0.912. The van der Waals surface area contributed by atoms with E-state index in [0.29, 0.717) is 0 Å². The molecule has 1 aliphatic rings. The highest BCUT2D eigenvalue weighted by molar-refractivity contribution is 5.91. The molecule has 20 heavy (non-hydrogen) atoms. The summed E-state index contributed by atoms with van der Waals surface area (Å²) in [4.78, 5) is 8.52. The van der Waals surface area contributed by atoms with Crippen LogP contribution in [0.1, 0.15) is 5.56 Å². The quantitative estimate of drug-likeness (QED) is 0.397. The van der Waals surface area contributed by atoms with E-state index in [4.69, 9.17) is 0 Å². The smallest absolute Gasteiger partial charge is 0.292 e. The lowest BCUT2D eigenvalue weighted by atomic mass is 10.2. The molecule has 4 aromatic heterocycles. The van der Waals surface area contributed by atoms with Gasteiger partial charge in [0.05, 0.1) is 25.0 Å². The van der Waals surface area contributed by atoms with Crippen LogP contribution in [0.2, 0.25) is 0 Å². The molecule has 0 aromatic carbocycles. The van der Waals surface area contributed by atoms with Crippen molar-refractivity contribution in [3.05, 3.63) is 48.8 Å². The van der Waals surface area contributed by atoms with E-state index in [0.717, 1.165) is 12.1 Å². The Labute approximate surface area is 114 Å². The van der Waals surface area contributed by atoms with Gasteiger partial charge in [-0.05, 0) is 6.07 Å². The Morgan fingerprint density at radius 1 is 1.15 bits per heavy atom. The van der Waals surface area contributed by atoms with Crippen molar-refractivity contribution in [2.24, 2.45) is 7.05 Å². The second-order valence-corrected chi connectivity index (χ2v) is 5.23. The first-order valence-corrected chi connectivity index (χ1v) is 6.61. The third kappa shape index (κ3) is 1.02. The van der Waals surface area contributed by atoms with Crippen LogP contribution < -0.4 is 4.57 Å². The maximum atomic E-state index is 4.27. The van der Waals surface area contributed by atoms with Gasteiger partial charge in [0.2, 0.25) is 5.52 Å². The second-order valence-electron chi connectivity index (χ2n) is 5.23. The monoisotopic (exact) mass is 262 g/mol. The van der Waals surface area contributed by atoms with Crippen molar-refractivity contribution in [2.75, 3.05) is 0 Å². The largest absolute Gasteiger partial charge is 0.313 e. The van der Waals surface area contributed by atoms with E-state index in [9.17, 15) is 0 Å². The summed E-state index contributed by atoms with van der Waals surface area (Å²) in [7, 11) is 2.11. The molecule has 0 N–H and O–H groups in total. The predicted octanol–water partition coefficient (Wildman–Crippen LogP) is 1.54. The van der Waals surface area contributed by atoms with Gasteiger partial charge in [-0.15, -0.1) is 0 Å². The Kier molecular flexibility index (Phi) is 1.65. The molecule has 1 aliphatic heterocycles. The van der Waals surface area contributed by atoms with Crippen LogP contribution in [0.4, 0.5) is 0 Å². The molecule has 5 rings (SSSR count). The molecule has 5 heteroatoms. The SMILES string of the molecule is C[n+]1c2n(c3cn4ccncc4c31)Cc1ccncc1-2. The molecule has 0 unspecified atom stereocenters. The molecule has 0 fully saturated rings. The van der Waals surface area contributed by atoms with Crippen LogP contribution in [-0.4, -0.2) is 18.9 Å². The van der Waals surface area contributed by atoms with Crippen molar-refractivity contribution in [3.63, 3.8) is 0 Å². The molecule has 0 aliphatic carbocycles. The van der Waals surface area contributed by atoms with E-state index in [1.165, 1.54) is 28.0 Å². The maximum Gasteiger partial charge on any atom is 0.292 e. The minimum atomic E-state index is 0.912. The molecule has 0 saturated heterocycles. The van der Waals surface area contributed by atoms with Crippen molar-refractivity contribution >= 4 is 16.6 Å². The summed E-state index contributed by atoms with van der Waals surface area (Å²) < 4.78 is 6.74. The zero-order valence-corrected chi connectivity index (χ0v) is 11.0. The fourth-order valence-corrected chi connectivity index (χ4v) is 3.35. The number of pyridine rings is 1. The number of imidazole rings is 1. The van der Waals surface area contributed by atoms with Gasteiger partial charge in [-0.1, -0.05) is 0 Å². The first kappa shape index (κ1) is 10.1. The summed E-state index contributed by atoms with van der Waals surface area (Å²) in [5.74, 6) is 1.23. The lowest BCUT2D eigenvalue weighted by molar-refractivity contribution is -0.633. The van der Waals surface area contributed by atoms with Crippen LogP contribution in [0.15, 0.2) is 43.2 Å². The molecule has 5 nitrogen and oxygen atoms in total. The molecule has 0 saturated carbocycles. The topological polar surface area (TPSA) is 39.0 Å². The standard InChI is InChI=1S/C15H12N5/c1-18-14-12-7-17-4-5-19(12)9-13(14)20-8-10-2-3-16-6-11(10)15(18)20/h2-7,9H,8H2,1H3/q+1. The van der Waals surface area contributed by atoms with Gasteiger partial charge in [0, 0.05) is 30.4 Å². The van der Waals surface area contributed by atoms with Crippen molar-refractivity contribution in [2.45, 2.75) is 6.54 Å². The zero-order valence-electron chi connectivity index (χ0n) is 11.0. The molecule has 0 spiro atoms. The van der Waals surface area contributed by atoms with Gasteiger partial charge in [0.1, 0.15) is 12.1 Å². The average molecular weight is 262 g/mol. The van der Waals surface area contributed by atoms with Gasteiger partial charge in [-0.25, -0.2) is 9.13 Å². The van der Waals surface area contributed by atoms with Crippen molar-refractivity contribution in [1.29, 1.82) is 0 Å². The summed E-state index contributed by atoms with van der Waals surface area (Å²) in [5.41, 5.74) is 6.17. The first-order valence-electron chi connectivity index (χ1n) is 6.61. The van der Waals surface area contributed by atoms with E-state index in [2.05, 4.69) is 42.8 Å². The van der Waals surface area contributed by atoms with E-state index >= 15 is 0 Å². The molecular weight excluding hydrogens is 250 g/mol. The number of fused-ring (bicyclic) bond motifs is 7. The van der Waals surface area contributed by atoms with Crippen LogP contribution in [0.5, 0.6) is 0 Å². The summed E-state index contributed by atoms with van der Waals surface area (Å²) in [5, 5.41) is 0. The lowest BCUT2D eigenvalue weighted by Gasteiger charge is -1.95. The van der Waals surface area contributed by atoms with Crippen LogP contribution in [0.3, 0.4) is 0 Å². The van der Waals surface area contributed by atoms with Gasteiger partial charge in [-0.2, -0.15) is 0 Å². The molecule has 4 aromatic rings. The van der Waals surface area contributed by atoms with Crippen molar-refractivity contribution < 1.29 is 4.57 Å². The summed E-state index contributed by atoms with van der Waals surface area (Å²) >= 11 is 0. The molecule has 0 bridgehead atoms. The third-order valence-corrected chi connectivity index (χ3v) is 4.22. The zero-order chi connectivity index (χ0) is 13.3. The van der Waals surface area contributed by atoms with Gasteiger partial charge < -0.3 is 4.40 Å². The number of hydrogen-bond acceptors (Lipinski definition) is 2. The Balaban J connectivity index is 1.98. The molecule has 96 valence electrons. The number of aryl methyl sites for hydroxylation is 1. The fourth-order valence-electron chi connectivity index (χ4n) is 3.35. The van der Waals surface area contributed by atoms with Gasteiger partial charge in [0.15, 0.2) is 5.52 Å². The lowest BCUT2D eigenvalue weighted by Crippen LogP contribution is -2.29. The van der Waals surface area contributed by atoms with E-state index in [-0.39, 0.29) is 0 Å². The van der Waals surface area contributed by atoms with Crippen molar-refractivity contribution in [1.82, 2.24) is 18.9 Å². The number of aromatic nitrogens is 5. The van der Waals surface area contributed by atoms with Crippen LogP contribution in [0.25, 0.3) is 27.9 Å². The summed E-state index contributed by atoms with van der Waals surface area (Å²) in [6.07, 6.45) is 11.7. The highest BCUT2D eigenvalue weighted by Gasteiger charge is 2.34. The summed E-state index contributed by atoms with van der Waals surface area (Å²) in [6, 6.07) is 2.10. The maximum absolute atomic E-state index is 4.27. The normalized spacial score (nSPS) is 13.1. The van der Waals surface area contributed by atoms with Gasteiger partial charge in [-0.3, -0.25) is 9.97 Å². The minimum absolute atomic E-state index is 0.912. The van der Waals surface area contributed by atoms with Crippen LogP contribution >= 0.6 is 0 Å². The Morgan fingerprint density at radius 3 is 3.00 bits per heavy atom. The molecule has 0 radical (unpaired) electrons. The van der Waals surface area contributed by atoms with Crippen LogP contribution in [0, 0.1) is 0 Å². The molecule has 0 amide bonds. The van der Waals surface area contributed by atoms with Crippen molar-refractivity contribution in [3.8, 4) is 11.4 Å². The van der Waals surface area contributed by atoms with Crippen LogP contribution in [-0.2, 0) is 13.6 Å². The van der Waals surface area contributed by atoms with E-state index < -0.39 is 0 Å². The highest BCUT2D eigenvalue weighted by Crippen LogP contribution is 2.33. The second kappa shape index (κ2) is 3.25. The van der Waals surface area contributed by atoms with Gasteiger partial charge >= 0.3 is 0 Å². The fraction of sp³-hybridized carbons (Fsp3) is 0.133. The molecular formula is C15H12N5+. The molecule has 0 atom stereocenters. The third-order valence-electron chi connectivity index (χ3n) is 4.22. The number of hydrogen-bond donors (Lipinski definition) is 0. The van der Waals surface area contributed by atoms with E-state index in [1.807, 2.05) is 31.0 Å². The first-order chi connectivity index (χ1) is 9.84. The minimum Gasteiger partial charge on any atom is -0.313 e. The predicted molar refractivity (Wildman–Crippen MR) is 74.2 cm³/mol. The Hall–Kier alpha value is -2.69. The Morgan fingerprint density at radius 2 is 2.05 bits per heavy atom. The number of nitrogens with zero attached hydrogens (tertiary/aromatic N) is 5. The Bertz CT molecular complexity index is 992. The number of rotatable bonds is 0.